The third-order valence-electron chi connectivity index (χ3n) is 2.77. The number of halogens is 4. The van der Waals surface area contributed by atoms with Gasteiger partial charge in [0.25, 0.3) is 0 Å². The molecule has 1 aliphatic rings. The molecule has 1 heterocycles. The second-order valence-corrected chi connectivity index (χ2v) is 5.37. The fraction of sp³-hybridized carbons (Fsp3) is 0.538. The molecule has 1 aromatic carbocycles. The standard InChI is InChI=1S/C13H14BrF3O4/c14-9-5-12-11(20-2-1-3-21-12)4-8(9)10(18)6-19-7-13(15,16)17/h4-5,10,18H,1-3,6-7H2. The number of aliphatic hydroxyl groups is 1. The second kappa shape index (κ2) is 6.85. The first kappa shape index (κ1) is 16.4. The zero-order chi connectivity index (χ0) is 15.5. The molecule has 0 aromatic heterocycles. The molecule has 8 heteroatoms. The molecule has 2 rings (SSSR count). The number of rotatable bonds is 4. The maximum atomic E-state index is 12.0. The molecule has 1 atom stereocenters. The summed E-state index contributed by atoms with van der Waals surface area (Å²) in [6.45, 7) is -0.852. The van der Waals surface area contributed by atoms with Crippen molar-refractivity contribution in [2.24, 2.45) is 0 Å². The van der Waals surface area contributed by atoms with Crippen LogP contribution in [0, 0.1) is 0 Å². The van der Waals surface area contributed by atoms with E-state index in [1.54, 1.807) is 12.1 Å². The molecular weight excluding hydrogens is 357 g/mol. The molecule has 0 saturated heterocycles. The van der Waals surface area contributed by atoms with Crippen molar-refractivity contribution in [2.75, 3.05) is 26.4 Å². The monoisotopic (exact) mass is 370 g/mol. The maximum Gasteiger partial charge on any atom is 0.411 e. The van der Waals surface area contributed by atoms with Crippen LogP contribution in [0.25, 0.3) is 0 Å². The molecule has 0 bridgehead atoms. The molecule has 118 valence electrons. The van der Waals surface area contributed by atoms with Crippen molar-refractivity contribution in [3.8, 4) is 11.5 Å². The summed E-state index contributed by atoms with van der Waals surface area (Å²) in [5.41, 5.74) is 0.390. The predicted octanol–water partition coefficient (Wildman–Crippen LogP) is 3.22. The van der Waals surface area contributed by atoms with Crippen LogP contribution in [0.3, 0.4) is 0 Å². The minimum Gasteiger partial charge on any atom is -0.490 e. The molecule has 21 heavy (non-hydrogen) atoms. The summed E-state index contributed by atoms with van der Waals surface area (Å²) in [5, 5.41) is 9.95. The molecule has 0 fully saturated rings. The van der Waals surface area contributed by atoms with Gasteiger partial charge in [0, 0.05) is 16.5 Å². The van der Waals surface area contributed by atoms with Crippen LogP contribution in [0.1, 0.15) is 18.1 Å². The third-order valence-corrected chi connectivity index (χ3v) is 3.45. The van der Waals surface area contributed by atoms with Crippen LogP contribution in [0.5, 0.6) is 11.5 Å². The van der Waals surface area contributed by atoms with Gasteiger partial charge in [0.05, 0.1) is 19.8 Å². The van der Waals surface area contributed by atoms with Crippen LogP contribution in [-0.2, 0) is 4.74 Å². The fourth-order valence-electron chi connectivity index (χ4n) is 1.83. The largest absolute Gasteiger partial charge is 0.490 e. The fourth-order valence-corrected chi connectivity index (χ4v) is 2.42. The second-order valence-electron chi connectivity index (χ2n) is 4.52. The Bertz CT molecular complexity index is 493. The van der Waals surface area contributed by atoms with Gasteiger partial charge in [0.2, 0.25) is 0 Å². The lowest BCUT2D eigenvalue weighted by molar-refractivity contribution is -0.179. The number of fused-ring (bicyclic) bond motifs is 1. The lowest BCUT2D eigenvalue weighted by Gasteiger charge is -2.17. The highest BCUT2D eigenvalue weighted by Gasteiger charge is 2.28. The van der Waals surface area contributed by atoms with Crippen molar-refractivity contribution < 1.29 is 32.5 Å². The molecular formula is C13H14BrF3O4. The summed E-state index contributed by atoms with van der Waals surface area (Å²) in [6.07, 6.45) is -4.88. The van der Waals surface area contributed by atoms with E-state index in [1.165, 1.54) is 0 Å². The number of alkyl halides is 3. The highest BCUT2D eigenvalue weighted by molar-refractivity contribution is 9.10. The van der Waals surface area contributed by atoms with Crippen molar-refractivity contribution in [2.45, 2.75) is 18.7 Å². The van der Waals surface area contributed by atoms with E-state index in [0.29, 0.717) is 34.7 Å². The van der Waals surface area contributed by atoms with Crippen LogP contribution in [0.4, 0.5) is 13.2 Å². The summed E-state index contributed by atoms with van der Waals surface area (Å²) in [4.78, 5) is 0. The maximum absolute atomic E-state index is 12.0. The molecule has 1 aromatic rings. The van der Waals surface area contributed by atoms with Crippen LogP contribution in [0.2, 0.25) is 0 Å². The van der Waals surface area contributed by atoms with Gasteiger partial charge in [-0.1, -0.05) is 15.9 Å². The zero-order valence-corrected chi connectivity index (χ0v) is 12.5. The highest BCUT2D eigenvalue weighted by Crippen LogP contribution is 2.37. The Kier molecular flexibility index (Phi) is 5.34. The first-order valence-electron chi connectivity index (χ1n) is 6.28. The molecule has 1 aliphatic heterocycles. The van der Waals surface area contributed by atoms with Crippen molar-refractivity contribution in [3.05, 3.63) is 22.2 Å². The van der Waals surface area contributed by atoms with E-state index in [0.717, 1.165) is 6.42 Å². The van der Waals surface area contributed by atoms with Gasteiger partial charge in [-0.3, -0.25) is 0 Å². The van der Waals surface area contributed by atoms with Gasteiger partial charge in [-0.25, -0.2) is 0 Å². The van der Waals surface area contributed by atoms with Gasteiger partial charge in [0.15, 0.2) is 11.5 Å². The summed E-state index contributed by atoms with van der Waals surface area (Å²) < 4.78 is 52.0. The Labute approximate surface area is 127 Å². The van der Waals surface area contributed by atoms with Crippen LogP contribution in [0.15, 0.2) is 16.6 Å². The van der Waals surface area contributed by atoms with Gasteiger partial charge >= 0.3 is 6.18 Å². The van der Waals surface area contributed by atoms with Gasteiger partial charge in [0.1, 0.15) is 12.7 Å². The molecule has 1 unspecified atom stereocenters. The molecule has 1 N–H and O–H groups in total. The smallest absolute Gasteiger partial charge is 0.411 e. The Morgan fingerprint density at radius 3 is 2.48 bits per heavy atom. The molecule has 0 radical (unpaired) electrons. The number of ether oxygens (including phenoxy) is 3. The summed E-state index contributed by atoms with van der Waals surface area (Å²) in [5.74, 6) is 0.993. The quantitative estimate of drug-likeness (QED) is 0.883. The Morgan fingerprint density at radius 2 is 1.86 bits per heavy atom. The Balaban J connectivity index is 2.06. The molecule has 0 amide bonds. The molecule has 0 spiro atoms. The van der Waals surface area contributed by atoms with Crippen molar-refractivity contribution in [1.29, 1.82) is 0 Å². The van der Waals surface area contributed by atoms with E-state index in [4.69, 9.17) is 9.47 Å². The normalized spacial score (nSPS) is 16.4. The number of hydrogen-bond acceptors (Lipinski definition) is 4. The summed E-state index contributed by atoms with van der Waals surface area (Å²) in [6, 6.07) is 3.18. The number of aliphatic hydroxyl groups excluding tert-OH is 1. The lowest BCUT2D eigenvalue weighted by atomic mass is 10.1. The zero-order valence-electron chi connectivity index (χ0n) is 11.0. The average Bonchev–Trinajstić information content (AvgIpc) is 2.60. The van der Waals surface area contributed by atoms with Crippen LogP contribution >= 0.6 is 15.9 Å². The molecule has 0 aliphatic carbocycles. The van der Waals surface area contributed by atoms with Crippen molar-refractivity contribution >= 4 is 15.9 Å². The third kappa shape index (κ3) is 4.76. The molecule has 4 nitrogen and oxygen atoms in total. The highest BCUT2D eigenvalue weighted by atomic mass is 79.9. The first-order chi connectivity index (χ1) is 9.87. The van der Waals surface area contributed by atoms with Gasteiger partial charge < -0.3 is 19.3 Å². The predicted molar refractivity (Wildman–Crippen MR) is 71.6 cm³/mol. The van der Waals surface area contributed by atoms with Gasteiger partial charge in [-0.05, 0) is 12.1 Å². The van der Waals surface area contributed by atoms with E-state index in [9.17, 15) is 18.3 Å². The van der Waals surface area contributed by atoms with E-state index in [1.807, 2.05) is 0 Å². The van der Waals surface area contributed by atoms with Crippen molar-refractivity contribution in [1.82, 2.24) is 0 Å². The summed E-state index contributed by atoms with van der Waals surface area (Å²) in [7, 11) is 0. The van der Waals surface area contributed by atoms with Crippen LogP contribution in [-0.4, -0.2) is 37.7 Å². The van der Waals surface area contributed by atoms with Gasteiger partial charge in [-0.2, -0.15) is 13.2 Å². The number of benzene rings is 1. The van der Waals surface area contributed by atoms with E-state index in [-0.39, 0.29) is 0 Å². The topological polar surface area (TPSA) is 47.9 Å². The molecule has 0 saturated carbocycles. The first-order valence-corrected chi connectivity index (χ1v) is 7.08. The lowest BCUT2D eigenvalue weighted by Crippen LogP contribution is -2.19. The minimum absolute atomic E-state index is 0.390. The van der Waals surface area contributed by atoms with Crippen molar-refractivity contribution in [3.63, 3.8) is 0 Å². The van der Waals surface area contributed by atoms with Crippen LogP contribution < -0.4 is 9.47 Å². The van der Waals surface area contributed by atoms with E-state index >= 15 is 0 Å². The van der Waals surface area contributed by atoms with E-state index < -0.39 is 25.5 Å². The Hall–Kier alpha value is -0.990. The Morgan fingerprint density at radius 1 is 1.24 bits per heavy atom. The van der Waals surface area contributed by atoms with E-state index in [2.05, 4.69) is 20.7 Å². The summed E-state index contributed by atoms with van der Waals surface area (Å²) >= 11 is 3.26. The van der Waals surface area contributed by atoms with Gasteiger partial charge in [-0.15, -0.1) is 0 Å². The SMILES string of the molecule is OC(COCC(F)(F)F)c1cc2c(cc1Br)OCCCO2. The average molecular weight is 371 g/mol. The number of hydrogen-bond donors (Lipinski definition) is 1. The minimum atomic E-state index is -4.42.